The van der Waals surface area contributed by atoms with Crippen molar-refractivity contribution in [2.75, 3.05) is 14.2 Å². The number of fused-ring (bicyclic) bond motifs is 5. The highest BCUT2D eigenvalue weighted by Gasteiger charge is 2.42. The number of benzene rings is 2. The number of hydrogen-bond acceptors (Lipinski definition) is 5. The Morgan fingerprint density at radius 1 is 1.08 bits per heavy atom. The molecule has 0 bridgehead atoms. The first-order valence-corrected chi connectivity index (χ1v) is 8.66. The molecule has 1 aliphatic carbocycles. The number of carbonyl (C=O) groups excluding carboxylic acids is 1. The molecule has 0 fully saturated rings. The molecule has 0 N–H and O–H groups in total. The molecule has 1 aromatic heterocycles. The Morgan fingerprint density at radius 3 is 2.69 bits per heavy atom. The van der Waals surface area contributed by atoms with Crippen LogP contribution in [0.4, 0.5) is 0 Å². The zero-order chi connectivity index (χ0) is 17.8. The zero-order valence-electron chi connectivity index (χ0n) is 14.6. The van der Waals surface area contributed by atoms with Crippen LogP contribution in [0.2, 0.25) is 0 Å². The Labute approximate surface area is 150 Å². The van der Waals surface area contributed by atoms with E-state index in [0.717, 1.165) is 34.9 Å². The van der Waals surface area contributed by atoms with Crippen LogP contribution in [0.5, 0.6) is 17.2 Å². The maximum absolute atomic E-state index is 13.4. The fourth-order valence-electron chi connectivity index (χ4n) is 4.16. The van der Waals surface area contributed by atoms with Crippen molar-refractivity contribution in [2.24, 2.45) is 0 Å². The third kappa shape index (κ3) is 2.06. The Hall–Kier alpha value is -2.95. The SMILES string of the molecule is COc1cc2c(cc1OC)[C@@H]1C(=O)c3cc4ccoc4cc3O[C@@H]1CC2. The number of furan rings is 1. The number of ether oxygens (including phenoxy) is 3. The molecule has 0 saturated carbocycles. The second kappa shape index (κ2) is 5.53. The first-order chi connectivity index (χ1) is 12.7. The molecule has 0 amide bonds. The largest absolute Gasteiger partial charge is 0.493 e. The highest BCUT2D eigenvalue weighted by molar-refractivity contribution is 6.07. The van der Waals surface area contributed by atoms with E-state index in [1.54, 1.807) is 20.5 Å². The first kappa shape index (κ1) is 15.3. The minimum Gasteiger partial charge on any atom is -0.493 e. The van der Waals surface area contributed by atoms with Crippen molar-refractivity contribution < 1.29 is 23.4 Å². The van der Waals surface area contributed by atoms with Crippen molar-refractivity contribution in [2.45, 2.75) is 24.9 Å². The molecule has 132 valence electrons. The number of rotatable bonds is 2. The lowest BCUT2D eigenvalue weighted by atomic mass is 9.75. The lowest BCUT2D eigenvalue weighted by molar-refractivity contribution is 0.0748. The fraction of sp³-hybridized carbons (Fsp3) is 0.286. The van der Waals surface area contributed by atoms with Gasteiger partial charge in [0.1, 0.15) is 17.4 Å². The monoisotopic (exact) mass is 350 g/mol. The quantitative estimate of drug-likeness (QED) is 0.696. The van der Waals surface area contributed by atoms with Gasteiger partial charge in [0.15, 0.2) is 17.3 Å². The zero-order valence-corrected chi connectivity index (χ0v) is 14.6. The van der Waals surface area contributed by atoms with E-state index in [-0.39, 0.29) is 17.8 Å². The molecule has 5 rings (SSSR count). The number of hydrogen-bond donors (Lipinski definition) is 0. The van der Waals surface area contributed by atoms with E-state index in [4.69, 9.17) is 18.6 Å². The Balaban J connectivity index is 1.66. The summed E-state index contributed by atoms with van der Waals surface area (Å²) in [5.41, 5.74) is 3.44. The number of ketones is 1. The van der Waals surface area contributed by atoms with Gasteiger partial charge in [-0.1, -0.05) is 0 Å². The Morgan fingerprint density at radius 2 is 1.88 bits per heavy atom. The Kier molecular flexibility index (Phi) is 3.26. The molecule has 0 unspecified atom stereocenters. The average molecular weight is 350 g/mol. The summed E-state index contributed by atoms with van der Waals surface area (Å²) in [6, 6.07) is 9.45. The molecule has 5 heteroatoms. The summed E-state index contributed by atoms with van der Waals surface area (Å²) < 4.78 is 22.5. The van der Waals surface area contributed by atoms with Crippen LogP contribution in [0, 0.1) is 0 Å². The van der Waals surface area contributed by atoms with Gasteiger partial charge in [0.05, 0.1) is 32.0 Å². The summed E-state index contributed by atoms with van der Waals surface area (Å²) in [5.74, 6) is 1.70. The lowest BCUT2D eigenvalue weighted by Gasteiger charge is -2.37. The molecule has 2 aromatic carbocycles. The van der Waals surface area contributed by atoms with Crippen molar-refractivity contribution in [3.8, 4) is 17.2 Å². The van der Waals surface area contributed by atoms with Crippen molar-refractivity contribution >= 4 is 16.8 Å². The molecule has 5 nitrogen and oxygen atoms in total. The van der Waals surface area contributed by atoms with Crippen LogP contribution in [0.3, 0.4) is 0 Å². The maximum Gasteiger partial charge on any atom is 0.177 e. The summed E-state index contributed by atoms with van der Waals surface area (Å²) in [5, 5.41) is 0.905. The summed E-state index contributed by atoms with van der Waals surface area (Å²) in [4.78, 5) is 13.4. The maximum atomic E-state index is 13.4. The molecular weight excluding hydrogens is 332 g/mol. The van der Waals surface area contributed by atoms with Gasteiger partial charge in [-0.15, -0.1) is 0 Å². The van der Waals surface area contributed by atoms with Gasteiger partial charge in [-0.3, -0.25) is 4.79 Å². The standard InChI is InChI=1S/C21H18O5/c1-23-18-8-11-3-4-15-20(13(11)9-19(18)24-2)21(22)14-7-12-5-6-25-16(12)10-17(14)26-15/h5-10,15,20H,3-4H2,1-2H3/t15-,20+/m1/s1. The molecule has 2 heterocycles. The lowest BCUT2D eigenvalue weighted by Crippen LogP contribution is -2.39. The van der Waals surface area contributed by atoms with Crippen LogP contribution in [0.1, 0.15) is 33.8 Å². The van der Waals surface area contributed by atoms with Crippen LogP contribution in [0.15, 0.2) is 41.0 Å². The van der Waals surface area contributed by atoms with Gasteiger partial charge in [0.25, 0.3) is 0 Å². The highest BCUT2D eigenvalue weighted by Crippen LogP contribution is 2.46. The average Bonchev–Trinajstić information content (AvgIpc) is 3.12. The van der Waals surface area contributed by atoms with Gasteiger partial charge in [-0.25, -0.2) is 0 Å². The molecule has 0 radical (unpaired) electrons. The first-order valence-electron chi connectivity index (χ1n) is 8.66. The summed E-state index contributed by atoms with van der Waals surface area (Å²) in [6.45, 7) is 0. The molecule has 0 spiro atoms. The third-order valence-electron chi connectivity index (χ3n) is 5.43. The second-order valence-corrected chi connectivity index (χ2v) is 6.75. The topological polar surface area (TPSA) is 57.9 Å². The number of carbonyl (C=O) groups is 1. The number of methoxy groups -OCH3 is 2. The third-order valence-corrected chi connectivity index (χ3v) is 5.43. The van der Waals surface area contributed by atoms with E-state index in [9.17, 15) is 4.79 Å². The van der Waals surface area contributed by atoms with Gasteiger partial charge in [0.2, 0.25) is 0 Å². The van der Waals surface area contributed by atoms with Gasteiger partial charge in [-0.2, -0.15) is 0 Å². The Bertz CT molecular complexity index is 1030. The summed E-state index contributed by atoms with van der Waals surface area (Å²) >= 11 is 0. The number of Topliss-reactive ketones (excluding diaryl/α,β-unsaturated/α-hetero) is 1. The minimum absolute atomic E-state index is 0.0903. The normalized spacial score (nSPS) is 20.8. The predicted octanol–water partition coefficient (Wildman–Crippen LogP) is 4.12. The molecule has 1 aliphatic heterocycles. The van der Waals surface area contributed by atoms with E-state index in [2.05, 4.69) is 0 Å². The van der Waals surface area contributed by atoms with Gasteiger partial charge in [-0.05, 0) is 48.2 Å². The van der Waals surface area contributed by atoms with E-state index >= 15 is 0 Å². The van der Waals surface area contributed by atoms with Crippen molar-refractivity contribution in [1.82, 2.24) is 0 Å². The molecule has 2 aliphatic rings. The van der Waals surface area contributed by atoms with E-state index in [1.165, 1.54) is 0 Å². The summed E-state index contributed by atoms with van der Waals surface area (Å²) in [7, 11) is 3.23. The van der Waals surface area contributed by atoms with E-state index < -0.39 is 0 Å². The van der Waals surface area contributed by atoms with Gasteiger partial charge >= 0.3 is 0 Å². The van der Waals surface area contributed by atoms with Crippen LogP contribution in [0.25, 0.3) is 11.0 Å². The summed E-state index contributed by atoms with van der Waals surface area (Å²) in [6.07, 6.45) is 3.07. The molecule has 26 heavy (non-hydrogen) atoms. The molecule has 0 saturated heterocycles. The van der Waals surface area contributed by atoms with E-state index in [1.807, 2.05) is 30.3 Å². The molecule has 3 aromatic rings. The van der Waals surface area contributed by atoms with Crippen molar-refractivity contribution in [3.05, 3.63) is 53.3 Å². The van der Waals surface area contributed by atoms with Crippen LogP contribution in [-0.4, -0.2) is 26.1 Å². The fourth-order valence-corrected chi connectivity index (χ4v) is 4.16. The predicted molar refractivity (Wildman–Crippen MR) is 95.6 cm³/mol. The smallest absolute Gasteiger partial charge is 0.177 e. The second-order valence-electron chi connectivity index (χ2n) is 6.75. The molecular formula is C21H18O5. The molecule has 2 atom stereocenters. The van der Waals surface area contributed by atoms with Crippen molar-refractivity contribution in [1.29, 1.82) is 0 Å². The van der Waals surface area contributed by atoms with Gasteiger partial charge in [0, 0.05) is 11.5 Å². The number of aryl methyl sites for hydroxylation is 1. The van der Waals surface area contributed by atoms with Gasteiger partial charge < -0.3 is 18.6 Å². The minimum atomic E-state index is -0.324. The van der Waals surface area contributed by atoms with Crippen LogP contribution in [-0.2, 0) is 6.42 Å². The van der Waals surface area contributed by atoms with Crippen LogP contribution >= 0.6 is 0 Å². The highest BCUT2D eigenvalue weighted by atomic mass is 16.5. The van der Waals surface area contributed by atoms with E-state index in [0.29, 0.717) is 22.8 Å². The van der Waals surface area contributed by atoms with Crippen LogP contribution < -0.4 is 14.2 Å². The van der Waals surface area contributed by atoms with Crippen molar-refractivity contribution in [3.63, 3.8) is 0 Å².